The van der Waals surface area contributed by atoms with Gasteiger partial charge in [0.1, 0.15) is 5.75 Å². The standard InChI is InChI=1S/C23H30N2O3S/c1-16(2)18-6-8-20(9-7-18)28-17(3)23(27)24-19-10-12-25(13-11-19)22(26)15-21-5-4-14-29-21/h4-9,14,16-17,19H,10-13,15H2,1-3H3,(H,24,27). The minimum absolute atomic E-state index is 0.0858. The van der Waals surface area contributed by atoms with Gasteiger partial charge in [0.05, 0.1) is 6.42 Å². The molecule has 0 spiro atoms. The molecule has 1 saturated heterocycles. The molecule has 3 rings (SSSR count). The highest BCUT2D eigenvalue weighted by atomic mass is 32.1. The van der Waals surface area contributed by atoms with Gasteiger partial charge in [-0.1, -0.05) is 32.0 Å². The minimum Gasteiger partial charge on any atom is -0.481 e. The highest BCUT2D eigenvalue weighted by Gasteiger charge is 2.26. The number of thiophene rings is 1. The molecule has 0 radical (unpaired) electrons. The fourth-order valence-corrected chi connectivity index (χ4v) is 4.15. The van der Waals surface area contributed by atoms with Gasteiger partial charge in [-0.15, -0.1) is 11.3 Å². The number of likely N-dealkylation sites (tertiary alicyclic amines) is 1. The van der Waals surface area contributed by atoms with Gasteiger partial charge in [0.15, 0.2) is 6.10 Å². The van der Waals surface area contributed by atoms with Crippen molar-refractivity contribution >= 4 is 23.2 Å². The van der Waals surface area contributed by atoms with Gasteiger partial charge in [-0.05, 0) is 54.8 Å². The molecule has 0 aliphatic carbocycles. The van der Waals surface area contributed by atoms with Crippen LogP contribution in [-0.2, 0) is 16.0 Å². The molecule has 1 fully saturated rings. The zero-order valence-corrected chi connectivity index (χ0v) is 18.2. The molecule has 1 N–H and O–H groups in total. The number of nitrogens with zero attached hydrogens (tertiary/aromatic N) is 1. The van der Waals surface area contributed by atoms with E-state index in [2.05, 4.69) is 19.2 Å². The Morgan fingerprint density at radius 2 is 1.83 bits per heavy atom. The van der Waals surface area contributed by atoms with E-state index in [0.29, 0.717) is 31.2 Å². The van der Waals surface area contributed by atoms with Crippen molar-refractivity contribution in [2.45, 2.75) is 58.1 Å². The summed E-state index contributed by atoms with van der Waals surface area (Å²) >= 11 is 1.61. The van der Waals surface area contributed by atoms with Crippen LogP contribution in [0, 0.1) is 0 Å². The minimum atomic E-state index is -0.557. The van der Waals surface area contributed by atoms with Crippen molar-refractivity contribution in [2.24, 2.45) is 0 Å². The van der Waals surface area contributed by atoms with Crippen LogP contribution in [0.15, 0.2) is 41.8 Å². The number of amides is 2. The molecule has 2 aromatic rings. The van der Waals surface area contributed by atoms with Crippen molar-refractivity contribution in [3.63, 3.8) is 0 Å². The van der Waals surface area contributed by atoms with Gasteiger partial charge in [-0.25, -0.2) is 0 Å². The maximum absolute atomic E-state index is 12.5. The lowest BCUT2D eigenvalue weighted by molar-refractivity contribution is -0.132. The first-order valence-electron chi connectivity index (χ1n) is 10.3. The van der Waals surface area contributed by atoms with Gasteiger partial charge in [-0.2, -0.15) is 0 Å². The summed E-state index contributed by atoms with van der Waals surface area (Å²) in [5, 5.41) is 5.07. The molecular weight excluding hydrogens is 384 g/mol. The molecule has 0 bridgehead atoms. The number of carbonyl (C=O) groups is 2. The Hall–Kier alpha value is -2.34. The summed E-state index contributed by atoms with van der Waals surface area (Å²) in [6, 6.07) is 11.9. The predicted octanol–water partition coefficient (Wildman–Crippen LogP) is 3.99. The van der Waals surface area contributed by atoms with Crippen LogP contribution in [0.4, 0.5) is 0 Å². The Bertz CT molecular complexity index is 794. The van der Waals surface area contributed by atoms with E-state index in [4.69, 9.17) is 4.74 Å². The van der Waals surface area contributed by atoms with Crippen LogP contribution in [-0.4, -0.2) is 41.9 Å². The molecule has 1 unspecified atom stereocenters. The Morgan fingerprint density at radius 3 is 2.41 bits per heavy atom. The Balaban J connectivity index is 1.42. The fourth-order valence-electron chi connectivity index (χ4n) is 3.45. The molecular formula is C23H30N2O3S. The summed E-state index contributed by atoms with van der Waals surface area (Å²) < 4.78 is 5.80. The summed E-state index contributed by atoms with van der Waals surface area (Å²) in [5.74, 6) is 1.22. The van der Waals surface area contributed by atoms with Crippen LogP contribution in [0.3, 0.4) is 0 Å². The smallest absolute Gasteiger partial charge is 0.260 e. The Labute approximate surface area is 177 Å². The Kier molecular flexibility index (Phi) is 7.31. The van der Waals surface area contributed by atoms with Gasteiger partial charge in [0, 0.05) is 24.0 Å². The predicted molar refractivity (Wildman–Crippen MR) is 116 cm³/mol. The van der Waals surface area contributed by atoms with E-state index in [-0.39, 0.29) is 17.9 Å². The van der Waals surface area contributed by atoms with E-state index >= 15 is 0 Å². The summed E-state index contributed by atoms with van der Waals surface area (Å²) in [4.78, 5) is 27.9. The van der Waals surface area contributed by atoms with Gasteiger partial charge < -0.3 is 15.0 Å². The summed E-state index contributed by atoms with van der Waals surface area (Å²) in [6.07, 6.45) is 1.46. The maximum atomic E-state index is 12.5. The second kappa shape index (κ2) is 9.92. The Morgan fingerprint density at radius 1 is 1.14 bits per heavy atom. The van der Waals surface area contributed by atoms with Crippen LogP contribution in [0.2, 0.25) is 0 Å². The van der Waals surface area contributed by atoms with E-state index in [0.717, 1.165) is 17.7 Å². The second-order valence-electron chi connectivity index (χ2n) is 7.90. The van der Waals surface area contributed by atoms with E-state index in [1.54, 1.807) is 18.3 Å². The molecule has 29 heavy (non-hydrogen) atoms. The third-order valence-corrected chi connectivity index (χ3v) is 6.20. The number of hydrogen-bond acceptors (Lipinski definition) is 4. The number of ether oxygens (including phenoxy) is 1. The van der Waals surface area contributed by atoms with E-state index in [1.807, 2.05) is 46.7 Å². The van der Waals surface area contributed by atoms with E-state index < -0.39 is 6.10 Å². The third kappa shape index (κ3) is 6.07. The summed E-state index contributed by atoms with van der Waals surface area (Å²) in [7, 11) is 0. The van der Waals surface area contributed by atoms with Crippen molar-refractivity contribution in [3.05, 3.63) is 52.2 Å². The van der Waals surface area contributed by atoms with E-state index in [9.17, 15) is 9.59 Å². The first kappa shape index (κ1) is 21.4. The number of rotatable bonds is 7. The molecule has 5 nitrogen and oxygen atoms in total. The number of hydrogen-bond donors (Lipinski definition) is 1. The van der Waals surface area contributed by atoms with Crippen LogP contribution < -0.4 is 10.1 Å². The monoisotopic (exact) mass is 414 g/mol. The van der Waals surface area contributed by atoms with Gasteiger partial charge in [-0.3, -0.25) is 9.59 Å². The lowest BCUT2D eigenvalue weighted by atomic mass is 10.0. The number of benzene rings is 1. The molecule has 156 valence electrons. The molecule has 0 saturated carbocycles. The van der Waals surface area contributed by atoms with Crippen molar-refractivity contribution in [2.75, 3.05) is 13.1 Å². The zero-order chi connectivity index (χ0) is 20.8. The van der Waals surface area contributed by atoms with Crippen LogP contribution in [0.5, 0.6) is 5.75 Å². The molecule has 1 aromatic heterocycles. The SMILES string of the molecule is CC(Oc1ccc(C(C)C)cc1)C(=O)NC1CCN(C(=O)Cc2cccs2)CC1. The molecule has 1 aliphatic heterocycles. The zero-order valence-electron chi connectivity index (χ0n) is 17.4. The first-order valence-corrected chi connectivity index (χ1v) is 11.2. The average Bonchev–Trinajstić information content (AvgIpc) is 3.22. The molecule has 1 aliphatic rings. The van der Waals surface area contributed by atoms with Crippen molar-refractivity contribution in [3.8, 4) is 5.75 Å². The number of piperidine rings is 1. The lowest BCUT2D eigenvalue weighted by Crippen LogP contribution is -2.49. The molecule has 1 atom stereocenters. The van der Waals surface area contributed by atoms with Crippen molar-refractivity contribution < 1.29 is 14.3 Å². The van der Waals surface area contributed by atoms with E-state index in [1.165, 1.54) is 5.56 Å². The van der Waals surface area contributed by atoms with Gasteiger partial charge in [0.25, 0.3) is 5.91 Å². The topological polar surface area (TPSA) is 58.6 Å². The van der Waals surface area contributed by atoms with Crippen molar-refractivity contribution in [1.29, 1.82) is 0 Å². The normalized spacial score (nSPS) is 15.9. The summed E-state index contributed by atoms with van der Waals surface area (Å²) in [6.45, 7) is 7.42. The maximum Gasteiger partial charge on any atom is 0.260 e. The van der Waals surface area contributed by atoms with Gasteiger partial charge in [0.2, 0.25) is 5.91 Å². The number of nitrogens with one attached hydrogen (secondary N) is 1. The summed E-state index contributed by atoms with van der Waals surface area (Å²) in [5.41, 5.74) is 1.25. The quantitative estimate of drug-likeness (QED) is 0.745. The molecule has 1 aromatic carbocycles. The van der Waals surface area contributed by atoms with Crippen LogP contribution in [0.25, 0.3) is 0 Å². The molecule has 2 heterocycles. The molecule has 6 heteroatoms. The van der Waals surface area contributed by atoms with Gasteiger partial charge >= 0.3 is 0 Å². The highest BCUT2D eigenvalue weighted by molar-refractivity contribution is 7.10. The largest absolute Gasteiger partial charge is 0.481 e. The first-order chi connectivity index (χ1) is 13.9. The average molecular weight is 415 g/mol. The lowest BCUT2D eigenvalue weighted by Gasteiger charge is -2.33. The van der Waals surface area contributed by atoms with Crippen molar-refractivity contribution in [1.82, 2.24) is 10.2 Å². The second-order valence-corrected chi connectivity index (χ2v) is 8.94. The highest BCUT2D eigenvalue weighted by Crippen LogP contribution is 2.20. The number of carbonyl (C=O) groups excluding carboxylic acids is 2. The molecule has 2 amide bonds. The fraction of sp³-hybridized carbons (Fsp3) is 0.478. The third-order valence-electron chi connectivity index (χ3n) is 5.33. The van der Waals surface area contributed by atoms with Crippen LogP contribution >= 0.6 is 11.3 Å². The van der Waals surface area contributed by atoms with Crippen LogP contribution in [0.1, 0.15) is 50.0 Å².